The predicted molar refractivity (Wildman–Crippen MR) is 187 cm³/mol. The van der Waals surface area contributed by atoms with Gasteiger partial charge in [0.05, 0.1) is 0 Å². The normalized spacial score (nSPS) is 12.4. The van der Waals surface area contributed by atoms with Crippen molar-refractivity contribution < 1.29 is 0 Å². The molecule has 0 fully saturated rings. The van der Waals surface area contributed by atoms with E-state index in [0.717, 1.165) is 5.92 Å². The number of hydrogen-bond donors (Lipinski definition) is 0. The highest BCUT2D eigenvalue weighted by molar-refractivity contribution is 4.62. The van der Waals surface area contributed by atoms with Crippen molar-refractivity contribution in [3.8, 4) is 0 Å². The molecule has 0 radical (unpaired) electrons. The molecule has 0 saturated carbocycles. The van der Waals surface area contributed by atoms with Crippen molar-refractivity contribution in [1.82, 2.24) is 0 Å². The van der Waals surface area contributed by atoms with Crippen LogP contribution in [0.15, 0.2) is 0 Å². The maximum Gasteiger partial charge on any atom is -0.0414 e. The third kappa shape index (κ3) is 34.2. The van der Waals surface area contributed by atoms with Crippen LogP contribution in [-0.4, -0.2) is 0 Å². The van der Waals surface area contributed by atoms with Crippen molar-refractivity contribution in [2.75, 3.05) is 0 Å². The molecule has 0 bridgehead atoms. The molecule has 0 aromatic heterocycles. The number of rotatable bonds is 36. The summed E-state index contributed by atoms with van der Waals surface area (Å²) in [6.07, 6.45) is 53.3. The van der Waals surface area contributed by atoms with Crippen LogP contribution in [0, 0.1) is 5.92 Å². The third-order valence-corrected chi connectivity index (χ3v) is 9.65. The lowest BCUT2D eigenvalue weighted by atomic mass is 9.90. The average molecular weight is 563 g/mol. The molecule has 40 heavy (non-hydrogen) atoms. The number of hydrogen-bond acceptors (Lipinski definition) is 0. The van der Waals surface area contributed by atoms with E-state index in [-0.39, 0.29) is 0 Å². The minimum atomic E-state index is 1.04. The molecule has 1 unspecified atom stereocenters. The Balaban J connectivity index is 3.39. The van der Waals surface area contributed by atoms with Gasteiger partial charge < -0.3 is 0 Å². The molecule has 0 aliphatic rings. The van der Waals surface area contributed by atoms with Gasteiger partial charge in [0.1, 0.15) is 0 Å². The van der Waals surface area contributed by atoms with Crippen molar-refractivity contribution in [2.24, 2.45) is 5.92 Å². The van der Waals surface area contributed by atoms with Gasteiger partial charge in [-0.2, -0.15) is 0 Å². The van der Waals surface area contributed by atoms with Crippen molar-refractivity contribution in [2.45, 2.75) is 252 Å². The van der Waals surface area contributed by atoms with Gasteiger partial charge >= 0.3 is 0 Å². The summed E-state index contributed by atoms with van der Waals surface area (Å²) < 4.78 is 0. The van der Waals surface area contributed by atoms with Crippen LogP contribution in [0.3, 0.4) is 0 Å². The quantitative estimate of drug-likeness (QED) is 0.0666. The molecule has 242 valence electrons. The minimum absolute atomic E-state index is 1.04. The van der Waals surface area contributed by atoms with Crippen LogP contribution in [-0.2, 0) is 0 Å². The van der Waals surface area contributed by atoms with Gasteiger partial charge in [-0.15, -0.1) is 0 Å². The zero-order chi connectivity index (χ0) is 29.0. The lowest BCUT2D eigenvalue weighted by Gasteiger charge is -2.16. The Morgan fingerprint density at radius 1 is 0.200 bits per heavy atom. The van der Waals surface area contributed by atoms with E-state index in [9.17, 15) is 0 Å². The lowest BCUT2D eigenvalue weighted by molar-refractivity contribution is 0.370. The molecule has 0 aromatic rings. The summed E-state index contributed by atoms with van der Waals surface area (Å²) in [6.45, 7) is 7.00. The molecule has 0 rings (SSSR count). The Kier molecular flexibility index (Phi) is 37.0. The summed E-state index contributed by atoms with van der Waals surface area (Å²) in [5.74, 6) is 1.04. The summed E-state index contributed by atoms with van der Waals surface area (Å²) in [5, 5.41) is 0. The molecule has 0 saturated heterocycles. The summed E-state index contributed by atoms with van der Waals surface area (Å²) in [7, 11) is 0. The monoisotopic (exact) mass is 563 g/mol. The van der Waals surface area contributed by atoms with E-state index in [4.69, 9.17) is 0 Å². The molecule has 0 aliphatic carbocycles. The second kappa shape index (κ2) is 37.0. The van der Waals surface area contributed by atoms with Gasteiger partial charge in [0, 0.05) is 0 Å². The Morgan fingerprint density at radius 2 is 0.375 bits per heavy atom. The van der Waals surface area contributed by atoms with Crippen LogP contribution in [0.2, 0.25) is 0 Å². The summed E-state index contributed by atoms with van der Waals surface area (Å²) in [6, 6.07) is 0. The maximum atomic E-state index is 2.37. The SMILES string of the molecule is CCCCCCCCCCCCCCCCCCCCCCCC(CCCC)CCCCCCCCCCCC. The first-order valence-electron chi connectivity index (χ1n) is 19.8. The molecular formula is C40H82. The van der Waals surface area contributed by atoms with Gasteiger partial charge in [-0.1, -0.05) is 252 Å². The standard InChI is InChI=1S/C40H82/c1-4-7-10-12-14-16-18-19-20-21-22-23-24-25-26-27-28-30-32-34-36-39-40(37-9-6-3)38-35-33-31-29-17-15-13-11-8-5-2/h40H,4-39H2,1-3H3. The lowest BCUT2D eigenvalue weighted by Crippen LogP contribution is -2.01. The second-order valence-electron chi connectivity index (χ2n) is 13.8. The first-order chi connectivity index (χ1) is 19.8. The van der Waals surface area contributed by atoms with E-state index in [1.165, 1.54) is 231 Å². The van der Waals surface area contributed by atoms with Gasteiger partial charge in [-0.3, -0.25) is 0 Å². The molecule has 1 atom stereocenters. The van der Waals surface area contributed by atoms with Crippen molar-refractivity contribution in [3.63, 3.8) is 0 Å². The van der Waals surface area contributed by atoms with Crippen LogP contribution < -0.4 is 0 Å². The fourth-order valence-corrected chi connectivity index (χ4v) is 6.71. The highest BCUT2D eigenvalue weighted by Crippen LogP contribution is 2.24. The van der Waals surface area contributed by atoms with Crippen LogP contribution in [0.5, 0.6) is 0 Å². The zero-order valence-electron chi connectivity index (χ0n) is 29.0. The minimum Gasteiger partial charge on any atom is -0.0654 e. The largest absolute Gasteiger partial charge is 0.0654 e. The van der Waals surface area contributed by atoms with Gasteiger partial charge in [-0.25, -0.2) is 0 Å². The second-order valence-corrected chi connectivity index (χ2v) is 13.8. The first kappa shape index (κ1) is 40.0. The van der Waals surface area contributed by atoms with Gasteiger partial charge in [0.15, 0.2) is 0 Å². The highest BCUT2D eigenvalue weighted by Gasteiger charge is 2.08. The topological polar surface area (TPSA) is 0 Å². The highest BCUT2D eigenvalue weighted by atomic mass is 14.1. The van der Waals surface area contributed by atoms with Crippen LogP contribution >= 0.6 is 0 Å². The van der Waals surface area contributed by atoms with Crippen LogP contribution in [0.1, 0.15) is 252 Å². The Morgan fingerprint density at radius 3 is 0.600 bits per heavy atom. The number of unbranched alkanes of at least 4 members (excludes halogenated alkanes) is 30. The Bertz CT molecular complexity index is 412. The fraction of sp³-hybridized carbons (Fsp3) is 1.00. The van der Waals surface area contributed by atoms with Crippen LogP contribution in [0.25, 0.3) is 0 Å². The molecular weight excluding hydrogens is 480 g/mol. The Hall–Kier alpha value is 0. The van der Waals surface area contributed by atoms with Crippen molar-refractivity contribution in [1.29, 1.82) is 0 Å². The van der Waals surface area contributed by atoms with E-state index >= 15 is 0 Å². The van der Waals surface area contributed by atoms with Crippen molar-refractivity contribution >= 4 is 0 Å². The molecule has 0 aliphatic heterocycles. The fourth-order valence-electron chi connectivity index (χ4n) is 6.71. The van der Waals surface area contributed by atoms with Crippen LogP contribution in [0.4, 0.5) is 0 Å². The smallest absolute Gasteiger partial charge is 0.0414 e. The first-order valence-corrected chi connectivity index (χ1v) is 19.8. The predicted octanol–water partition coefficient (Wildman–Crippen LogP) is 15.7. The third-order valence-electron chi connectivity index (χ3n) is 9.65. The van der Waals surface area contributed by atoms with Crippen molar-refractivity contribution in [3.05, 3.63) is 0 Å². The summed E-state index contributed by atoms with van der Waals surface area (Å²) in [5.41, 5.74) is 0. The maximum absolute atomic E-state index is 2.37. The molecule has 0 nitrogen and oxygen atoms in total. The summed E-state index contributed by atoms with van der Waals surface area (Å²) in [4.78, 5) is 0. The molecule has 0 heterocycles. The molecule has 0 amide bonds. The van der Waals surface area contributed by atoms with E-state index in [2.05, 4.69) is 20.8 Å². The molecule has 0 aromatic carbocycles. The zero-order valence-corrected chi connectivity index (χ0v) is 29.0. The molecule has 0 N–H and O–H groups in total. The van der Waals surface area contributed by atoms with E-state index < -0.39 is 0 Å². The van der Waals surface area contributed by atoms with E-state index in [0.29, 0.717) is 0 Å². The van der Waals surface area contributed by atoms with Gasteiger partial charge in [-0.05, 0) is 5.92 Å². The van der Waals surface area contributed by atoms with Gasteiger partial charge in [0.25, 0.3) is 0 Å². The van der Waals surface area contributed by atoms with Gasteiger partial charge in [0.2, 0.25) is 0 Å². The average Bonchev–Trinajstić information content (AvgIpc) is 2.97. The summed E-state index contributed by atoms with van der Waals surface area (Å²) >= 11 is 0. The van der Waals surface area contributed by atoms with E-state index in [1.807, 2.05) is 0 Å². The molecule has 0 heteroatoms. The molecule has 0 spiro atoms. The Labute approximate surface area is 257 Å². The van der Waals surface area contributed by atoms with E-state index in [1.54, 1.807) is 0 Å².